The maximum Gasteiger partial charge on any atom is 0.326 e. The monoisotopic (exact) mass is 431 g/mol. The van der Waals surface area contributed by atoms with E-state index in [9.17, 15) is 9.90 Å². The molecular formula is C21H21N9O2. The van der Waals surface area contributed by atoms with Crippen molar-refractivity contribution in [3.05, 3.63) is 63.3 Å². The first-order valence-electron chi connectivity index (χ1n) is 10.6. The van der Waals surface area contributed by atoms with Crippen molar-refractivity contribution in [1.82, 2.24) is 34.5 Å². The second-order valence-corrected chi connectivity index (χ2v) is 8.14. The normalized spacial score (nSPS) is 20.0. The third-order valence-electron chi connectivity index (χ3n) is 5.83. The predicted molar refractivity (Wildman–Crippen MR) is 115 cm³/mol. The van der Waals surface area contributed by atoms with Crippen molar-refractivity contribution in [2.24, 2.45) is 4.99 Å². The van der Waals surface area contributed by atoms with Crippen molar-refractivity contribution in [2.75, 3.05) is 11.4 Å². The molecule has 4 aromatic rings. The molecule has 11 heteroatoms. The molecule has 162 valence electrons. The number of nitrogens with zero attached hydrogens (tertiary/aromatic N) is 7. The van der Waals surface area contributed by atoms with Gasteiger partial charge in [0.1, 0.15) is 5.69 Å². The second-order valence-electron chi connectivity index (χ2n) is 8.14. The highest BCUT2D eigenvalue weighted by Crippen LogP contribution is 2.33. The first-order valence-corrected chi connectivity index (χ1v) is 10.6. The Balaban J connectivity index is 1.53. The number of imidazole rings is 1. The molecule has 1 atom stereocenters. The van der Waals surface area contributed by atoms with Crippen LogP contribution in [0.2, 0.25) is 0 Å². The Bertz CT molecular complexity index is 1470. The summed E-state index contributed by atoms with van der Waals surface area (Å²) in [5, 5.41) is 15.0. The Labute approximate surface area is 181 Å². The zero-order chi connectivity index (χ0) is 21.7. The number of aromatic hydroxyl groups is 1. The molecule has 0 bridgehead atoms. The fraction of sp³-hybridized carbons (Fsp3) is 0.333. The number of pyridine rings is 1. The Morgan fingerprint density at radius 1 is 1.19 bits per heavy atom. The molecule has 5 heterocycles. The average molecular weight is 431 g/mol. The number of hydrogen-bond donors (Lipinski definition) is 3. The highest BCUT2D eigenvalue weighted by Gasteiger charge is 2.29. The molecule has 1 saturated heterocycles. The molecule has 3 N–H and O–H groups in total. The molecule has 2 fully saturated rings. The number of rotatable bonds is 4. The van der Waals surface area contributed by atoms with Gasteiger partial charge in [0.2, 0.25) is 11.8 Å². The van der Waals surface area contributed by atoms with Gasteiger partial charge in [-0.2, -0.15) is 19.6 Å². The first kappa shape index (κ1) is 18.7. The molecule has 6 rings (SSSR count). The quantitative estimate of drug-likeness (QED) is 0.419. The van der Waals surface area contributed by atoms with Gasteiger partial charge in [-0.15, -0.1) is 0 Å². The van der Waals surface area contributed by atoms with Gasteiger partial charge in [0, 0.05) is 24.2 Å². The van der Waals surface area contributed by atoms with Gasteiger partial charge in [-0.1, -0.05) is 6.07 Å². The van der Waals surface area contributed by atoms with Gasteiger partial charge < -0.3 is 15.0 Å². The zero-order valence-electron chi connectivity index (χ0n) is 17.1. The Hall–Kier alpha value is -4.02. The van der Waals surface area contributed by atoms with E-state index in [1.54, 1.807) is 23.0 Å². The number of aromatic nitrogens is 7. The van der Waals surface area contributed by atoms with E-state index in [-0.39, 0.29) is 23.7 Å². The van der Waals surface area contributed by atoms with Crippen LogP contribution in [0.3, 0.4) is 0 Å². The molecule has 4 aromatic heterocycles. The third kappa shape index (κ3) is 3.31. The summed E-state index contributed by atoms with van der Waals surface area (Å²) in [6.45, 7) is 0.831. The van der Waals surface area contributed by atoms with Crippen LogP contribution in [0, 0.1) is 0 Å². The number of fused-ring (bicyclic) bond motifs is 1. The van der Waals surface area contributed by atoms with Crippen LogP contribution in [0.1, 0.15) is 43.0 Å². The van der Waals surface area contributed by atoms with Gasteiger partial charge in [-0.3, -0.25) is 9.97 Å². The number of anilines is 1. The van der Waals surface area contributed by atoms with Gasteiger partial charge in [0.15, 0.2) is 5.65 Å². The van der Waals surface area contributed by atoms with Crippen molar-refractivity contribution in [3.63, 3.8) is 0 Å². The van der Waals surface area contributed by atoms with Crippen LogP contribution in [0.15, 0.2) is 40.5 Å². The lowest BCUT2D eigenvalue weighted by molar-refractivity contribution is 0.454. The topological polar surface area (TPSA) is 140 Å². The molecule has 11 nitrogen and oxygen atoms in total. The Morgan fingerprint density at radius 2 is 2.09 bits per heavy atom. The minimum Gasteiger partial charge on any atom is -0.493 e. The second kappa shape index (κ2) is 7.29. The van der Waals surface area contributed by atoms with Crippen LogP contribution in [-0.4, -0.2) is 52.2 Å². The molecular weight excluding hydrogens is 410 g/mol. The molecule has 1 aliphatic heterocycles. The number of nitrogens with one attached hydrogen (secondary N) is 2. The maximum atomic E-state index is 11.5. The lowest BCUT2D eigenvalue weighted by Crippen LogP contribution is -2.31. The highest BCUT2D eigenvalue weighted by atomic mass is 16.3. The third-order valence-corrected chi connectivity index (χ3v) is 5.83. The lowest BCUT2D eigenvalue weighted by Gasteiger charge is -2.24. The van der Waals surface area contributed by atoms with Gasteiger partial charge in [0.05, 0.1) is 18.3 Å². The molecule has 1 saturated carbocycles. The van der Waals surface area contributed by atoms with Crippen molar-refractivity contribution in [1.29, 1.82) is 0 Å². The summed E-state index contributed by atoms with van der Waals surface area (Å²) >= 11 is 0. The Morgan fingerprint density at radius 3 is 2.84 bits per heavy atom. The van der Waals surface area contributed by atoms with Gasteiger partial charge in [-0.05, 0) is 43.4 Å². The maximum absolute atomic E-state index is 11.5. The van der Waals surface area contributed by atoms with Crippen LogP contribution in [0.4, 0.5) is 5.95 Å². The summed E-state index contributed by atoms with van der Waals surface area (Å²) in [4.78, 5) is 37.2. The molecule has 0 radical (unpaired) electrons. The standard InChI is InChI=1S/C21H21N9O2/c31-18-15(25-21(32)27-18)9-13-11-23-30-17(13)26-19(28-20(30)24-14-5-6-14)29-8-2-4-16(29)12-3-1-7-22-10-12/h1,3,7,9-11,14,16,31H,2,4-6,8H2,(H2,25,27,32)/b13-9+,24-20?. The van der Waals surface area contributed by atoms with E-state index in [1.165, 1.54) is 0 Å². The summed E-state index contributed by atoms with van der Waals surface area (Å²) in [7, 11) is 0. The molecule has 0 spiro atoms. The van der Waals surface area contributed by atoms with Crippen LogP contribution < -0.4 is 21.4 Å². The fourth-order valence-electron chi connectivity index (χ4n) is 4.12. The van der Waals surface area contributed by atoms with Crippen LogP contribution in [0.25, 0.3) is 11.7 Å². The molecule has 0 aromatic carbocycles. The van der Waals surface area contributed by atoms with E-state index in [1.807, 2.05) is 12.3 Å². The minimum atomic E-state index is -0.485. The van der Waals surface area contributed by atoms with E-state index in [0.29, 0.717) is 22.4 Å². The molecule has 32 heavy (non-hydrogen) atoms. The minimum absolute atomic E-state index is 0.139. The highest BCUT2D eigenvalue weighted by molar-refractivity contribution is 5.57. The van der Waals surface area contributed by atoms with Crippen LogP contribution in [0.5, 0.6) is 5.88 Å². The molecule has 0 amide bonds. The van der Waals surface area contributed by atoms with Gasteiger partial charge >= 0.3 is 5.69 Å². The van der Waals surface area contributed by atoms with Gasteiger partial charge in [-0.25, -0.2) is 9.79 Å². The molecule has 1 aliphatic carbocycles. The van der Waals surface area contributed by atoms with E-state index in [4.69, 9.17) is 15.0 Å². The number of H-pyrrole nitrogens is 2. The van der Waals surface area contributed by atoms with Gasteiger partial charge in [0.25, 0.3) is 5.62 Å². The van der Waals surface area contributed by atoms with E-state index >= 15 is 0 Å². The Kier molecular flexibility index (Phi) is 4.27. The van der Waals surface area contributed by atoms with Crippen molar-refractivity contribution < 1.29 is 5.11 Å². The summed E-state index contributed by atoms with van der Waals surface area (Å²) in [5.74, 6) is 0.355. The summed E-state index contributed by atoms with van der Waals surface area (Å²) in [6, 6.07) is 4.42. The summed E-state index contributed by atoms with van der Waals surface area (Å²) in [6.07, 6.45) is 11.0. The van der Waals surface area contributed by atoms with Crippen molar-refractivity contribution in [2.45, 2.75) is 37.8 Å². The van der Waals surface area contributed by atoms with Crippen LogP contribution in [-0.2, 0) is 0 Å². The number of hydrogen-bond acceptors (Lipinski definition) is 8. The lowest BCUT2D eigenvalue weighted by atomic mass is 10.1. The van der Waals surface area contributed by atoms with Crippen molar-refractivity contribution >= 4 is 17.7 Å². The smallest absolute Gasteiger partial charge is 0.326 e. The largest absolute Gasteiger partial charge is 0.493 e. The molecule has 2 aliphatic rings. The van der Waals surface area contributed by atoms with Crippen LogP contribution >= 0.6 is 0 Å². The predicted octanol–water partition coefficient (Wildman–Crippen LogP) is 0.194. The molecule has 1 unspecified atom stereocenters. The SMILES string of the molecule is O=c1[nH]c(O)c(/C=c2\cnn3c(=NC4CC4)nc(N4CCCC4c4cccnc4)nc23)[nH]1. The van der Waals surface area contributed by atoms with E-state index in [2.05, 4.69) is 31.0 Å². The number of aromatic amines is 2. The van der Waals surface area contributed by atoms with E-state index in [0.717, 1.165) is 37.8 Å². The van der Waals surface area contributed by atoms with Crippen molar-refractivity contribution in [3.8, 4) is 5.88 Å². The summed E-state index contributed by atoms with van der Waals surface area (Å²) < 4.78 is 1.62. The first-order chi connectivity index (χ1) is 15.7. The van der Waals surface area contributed by atoms with E-state index < -0.39 is 5.69 Å². The zero-order valence-corrected chi connectivity index (χ0v) is 17.1. The summed E-state index contributed by atoms with van der Waals surface area (Å²) in [5.41, 5.74) is 1.98. The fourth-order valence-corrected chi connectivity index (χ4v) is 4.12. The average Bonchev–Trinajstić information content (AvgIpc) is 3.18.